The van der Waals surface area contributed by atoms with E-state index in [-0.39, 0.29) is 0 Å². The van der Waals surface area contributed by atoms with Gasteiger partial charge in [-0.15, -0.1) is 0 Å². The van der Waals surface area contributed by atoms with Gasteiger partial charge in [0.1, 0.15) is 0 Å². The summed E-state index contributed by atoms with van der Waals surface area (Å²) in [5, 5.41) is 5.30. The Morgan fingerprint density at radius 3 is 2.41 bits per heavy atom. The van der Waals surface area contributed by atoms with E-state index in [1.54, 1.807) is 0 Å². The van der Waals surface area contributed by atoms with Crippen molar-refractivity contribution in [2.75, 3.05) is 0 Å². The molecule has 0 heteroatoms. The van der Waals surface area contributed by atoms with Gasteiger partial charge in [-0.1, -0.05) is 48.6 Å². The molecule has 17 heavy (non-hydrogen) atoms. The van der Waals surface area contributed by atoms with Gasteiger partial charge in [-0.25, -0.2) is 0 Å². The second-order valence-electron chi connectivity index (χ2n) is 4.51. The van der Waals surface area contributed by atoms with Gasteiger partial charge < -0.3 is 0 Å². The topological polar surface area (TPSA) is 0 Å². The van der Waals surface area contributed by atoms with Gasteiger partial charge in [0.25, 0.3) is 0 Å². The first-order valence-corrected chi connectivity index (χ1v) is 5.89. The lowest BCUT2D eigenvalue weighted by molar-refractivity contribution is 1.62. The van der Waals surface area contributed by atoms with Crippen LogP contribution in [0.5, 0.6) is 0 Å². The number of rotatable bonds is 0. The van der Waals surface area contributed by atoms with Gasteiger partial charge in [0, 0.05) is 6.42 Å². The van der Waals surface area contributed by atoms with Crippen LogP contribution in [0.15, 0.2) is 54.6 Å². The van der Waals surface area contributed by atoms with Crippen LogP contribution in [0.25, 0.3) is 27.6 Å². The highest BCUT2D eigenvalue weighted by molar-refractivity contribution is 6.02. The Bertz CT molecular complexity index is 763. The van der Waals surface area contributed by atoms with Crippen LogP contribution in [0, 0.1) is 6.42 Å². The zero-order chi connectivity index (χ0) is 11.2. The Morgan fingerprint density at radius 1 is 0.706 bits per heavy atom. The summed E-state index contributed by atoms with van der Waals surface area (Å²) in [5.74, 6) is 0. The van der Waals surface area contributed by atoms with Crippen LogP contribution in [0.2, 0.25) is 0 Å². The van der Waals surface area contributed by atoms with Crippen molar-refractivity contribution in [3.8, 4) is 0 Å². The standard InChI is InChI=1S/C17H11/c1-2-5-14-11-17-15(10-13(14)4-1)9-8-12-6-3-7-16(12)17/h1-11H. The van der Waals surface area contributed by atoms with Gasteiger partial charge in [0.05, 0.1) is 0 Å². The predicted molar refractivity (Wildman–Crippen MR) is 73.9 cm³/mol. The molecule has 0 saturated carbocycles. The normalized spacial score (nSPS) is 13.4. The van der Waals surface area contributed by atoms with E-state index in [2.05, 4.69) is 67.1 Å². The molecular weight excluding hydrogens is 204 g/mol. The van der Waals surface area contributed by atoms with Crippen molar-refractivity contribution in [2.24, 2.45) is 0 Å². The van der Waals surface area contributed by atoms with Crippen molar-refractivity contribution in [1.82, 2.24) is 0 Å². The Morgan fingerprint density at radius 2 is 1.53 bits per heavy atom. The van der Waals surface area contributed by atoms with Gasteiger partial charge in [-0.2, -0.15) is 0 Å². The average molecular weight is 215 g/mol. The third kappa shape index (κ3) is 1.24. The van der Waals surface area contributed by atoms with Crippen molar-refractivity contribution >= 4 is 27.6 Å². The summed E-state index contributed by atoms with van der Waals surface area (Å²) in [6.45, 7) is 0. The Balaban J connectivity index is 2.18. The van der Waals surface area contributed by atoms with E-state index in [0.717, 1.165) is 0 Å². The van der Waals surface area contributed by atoms with Crippen molar-refractivity contribution in [3.63, 3.8) is 0 Å². The van der Waals surface area contributed by atoms with Crippen LogP contribution in [-0.2, 0) is 0 Å². The molecular formula is C17H11. The average Bonchev–Trinajstić information content (AvgIpc) is 2.85. The maximum absolute atomic E-state index is 2.30. The van der Waals surface area contributed by atoms with Crippen LogP contribution in [-0.4, -0.2) is 0 Å². The largest absolute Gasteiger partial charge is 0.0754 e. The van der Waals surface area contributed by atoms with E-state index in [9.17, 15) is 0 Å². The van der Waals surface area contributed by atoms with Crippen LogP contribution in [0.1, 0.15) is 11.1 Å². The summed E-state index contributed by atoms with van der Waals surface area (Å²) in [6.07, 6.45) is 6.50. The molecule has 0 N–H and O–H groups in total. The van der Waals surface area contributed by atoms with Gasteiger partial charge in [0.15, 0.2) is 0 Å². The minimum absolute atomic E-state index is 1.31. The van der Waals surface area contributed by atoms with Gasteiger partial charge in [-0.05, 0) is 44.8 Å². The molecule has 0 fully saturated rings. The van der Waals surface area contributed by atoms with E-state index in [1.807, 2.05) is 0 Å². The van der Waals surface area contributed by atoms with Crippen LogP contribution in [0.4, 0.5) is 0 Å². The first-order chi connectivity index (χ1) is 8.42. The fraction of sp³-hybridized carbons (Fsp3) is 0. The van der Waals surface area contributed by atoms with Crippen molar-refractivity contribution in [1.29, 1.82) is 0 Å². The molecule has 1 aliphatic carbocycles. The smallest absolute Gasteiger partial charge is 0.0137 e. The Labute approximate surface area is 100 Å². The molecule has 79 valence electrons. The number of hydrogen-bond donors (Lipinski definition) is 0. The fourth-order valence-corrected chi connectivity index (χ4v) is 2.63. The van der Waals surface area contributed by atoms with Crippen molar-refractivity contribution in [2.45, 2.75) is 0 Å². The monoisotopic (exact) mass is 215 g/mol. The molecule has 0 unspecified atom stereocenters. The summed E-state index contributed by atoms with van der Waals surface area (Å²) in [7, 11) is 0. The third-order valence-electron chi connectivity index (χ3n) is 3.50. The van der Waals surface area contributed by atoms with Gasteiger partial charge in [0.2, 0.25) is 0 Å². The fourth-order valence-electron chi connectivity index (χ4n) is 2.63. The molecule has 0 amide bonds. The summed E-state index contributed by atoms with van der Waals surface area (Å²) < 4.78 is 0. The van der Waals surface area contributed by atoms with Crippen molar-refractivity contribution in [3.05, 3.63) is 72.2 Å². The molecule has 0 aromatic heterocycles. The highest BCUT2D eigenvalue weighted by Crippen LogP contribution is 2.32. The van der Waals surface area contributed by atoms with E-state index in [0.29, 0.717) is 0 Å². The molecule has 3 aromatic rings. The molecule has 0 nitrogen and oxygen atoms in total. The zero-order valence-corrected chi connectivity index (χ0v) is 9.35. The van der Waals surface area contributed by atoms with E-state index < -0.39 is 0 Å². The Hall–Kier alpha value is -2.08. The predicted octanol–water partition coefficient (Wildman–Crippen LogP) is 4.57. The quantitative estimate of drug-likeness (QED) is 0.482. The number of allylic oxidation sites excluding steroid dienone is 1. The van der Waals surface area contributed by atoms with E-state index >= 15 is 0 Å². The maximum Gasteiger partial charge on any atom is 0.0137 e. The lowest BCUT2D eigenvalue weighted by Crippen LogP contribution is -1.84. The Kier molecular flexibility index (Phi) is 1.70. The summed E-state index contributed by atoms with van der Waals surface area (Å²) in [6, 6.07) is 17.5. The number of benzene rings is 3. The van der Waals surface area contributed by atoms with Crippen molar-refractivity contribution < 1.29 is 0 Å². The summed E-state index contributed by atoms with van der Waals surface area (Å²) in [5.41, 5.74) is 2.68. The van der Waals surface area contributed by atoms with Crippen LogP contribution < -0.4 is 0 Å². The molecule has 0 saturated heterocycles. The second-order valence-corrected chi connectivity index (χ2v) is 4.51. The molecule has 4 rings (SSSR count). The number of hydrogen-bond acceptors (Lipinski definition) is 0. The highest BCUT2D eigenvalue weighted by atomic mass is 14.1. The molecule has 0 atom stereocenters. The third-order valence-corrected chi connectivity index (χ3v) is 3.50. The molecule has 0 heterocycles. The highest BCUT2D eigenvalue weighted by Gasteiger charge is 2.09. The maximum atomic E-state index is 2.30. The minimum atomic E-state index is 1.31. The molecule has 1 radical (unpaired) electrons. The molecule has 3 aromatic carbocycles. The summed E-state index contributed by atoms with van der Waals surface area (Å²) >= 11 is 0. The molecule has 1 aliphatic rings. The molecule has 0 spiro atoms. The second kappa shape index (κ2) is 3.21. The zero-order valence-electron chi connectivity index (χ0n) is 9.35. The van der Waals surface area contributed by atoms with Crippen LogP contribution in [0.3, 0.4) is 0 Å². The minimum Gasteiger partial charge on any atom is -0.0754 e. The number of fused-ring (bicyclic) bond motifs is 4. The SMILES string of the molecule is [CH]1C=Cc2ccc3cc4ccccc4cc3c21. The van der Waals surface area contributed by atoms with Gasteiger partial charge in [-0.3, -0.25) is 0 Å². The lowest BCUT2D eigenvalue weighted by Gasteiger charge is -2.07. The van der Waals surface area contributed by atoms with E-state index in [4.69, 9.17) is 0 Å². The van der Waals surface area contributed by atoms with E-state index in [1.165, 1.54) is 32.7 Å². The molecule has 0 aliphatic heterocycles. The first kappa shape index (κ1) is 9.00. The summed E-state index contributed by atoms with van der Waals surface area (Å²) in [4.78, 5) is 0. The van der Waals surface area contributed by atoms with Crippen LogP contribution >= 0.6 is 0 Å². The van der Waals surface area contributed by atoms with Gasteiger partial charge >= 0.3 is 0 Å². The lowest BCUT2D eigenvalue weighted by atomic mass is 9.97. The molecule has 0 bridgehead atoms. The first-order valence-electron chi connectivity index (χ1n) is 5.89.